The first-order valence-corrected chi connectivity index (χ1v) is 7.56. The van der Waals surface area contributed by atoms with Gasteiger partial charge < -0.3 is 15.8 Å². The molecule has 1 aromatic heterocycles. The second-order valence-electron chi connectivity index (χ2n) is 4.87. The van der Waals surface area contributed by atoms with E-state index in [1.165, 1.54) is 42.7 Å². The Morgan fingerprint density at radius 2 is 1.65 bits per heavy atom. The van der Waals surface area contributed by atoms with E-state index in [0.29, 0.717) is 21.7 Å². The van der Waals surface area contributed by atoms with Crippen LogP contribution in [0.5, 0.6) is 0 Å². The molecular weight excluding hydrogens is 316 g/mol. The molecule has 0 atom stereocenters. The van der Waals surface area contributed by atoms with Crippen LogP contribution < -0.4 is 11.1 Å². The predicted octanol–water partition coefficient (Wildman–Crippen LogP) is 2.50. The summed E-state index contributed by atoms with van der Waals surface area (Å²) in [7, 11) is 1.29. The molecule has 23 heavy (non-hydrogen) atoms. The van der Waals surface area contributed by atoms with E-state index in [-0.39, 0.29) is 5.91 Å². The van der Waals surface area contributed by atoms with Crippen molar-refractivity contribution in [3.8, 4) is 0 Å². The fourth-order valence-corrected chi connectivity index (χ4v) is 3.12. The highest BCUT2D eigenvalue weighted by molar-refractivity contribution is 7.16. The molecule has 1 aromatic carbocycles. The standard InChI is InChI=1S/C16H16N2O4S/c1-8-9(2)23-15(12(8)13(17)19)18-14(20)10-4-6-11(7-5-10)16(21)22-3/h4-7H,1-3H3,(H2,17,19)(H,18,20). The number of hydrogen-bond donors (Lipinski definition) is 2. The molecule has 2 aromatic rings. The van der Waals surface area contributed by atoms with Gasteiger partial charge in [0.2, 0.25) is 0 Å². The lowest BCUT2D eigenvalue weighted by Crippen LogP contribution is -2.17. The average Bonchev–Trinajstić information content (AvgIpc) is 2.81. The topological polar surface area (TPSA) is 98.5 Å². The van der Waals surface area contributed by atoms with E-state index in [4.69, 9.17) is 5.73 Å². The molecule has 0 saturated carbocycles. The van der Waals surface area contributed by atoms with E-state index in [1.54, 1.807) is 6.92 Å². The van der Waals surface area contributed by atoms with E-state index in [9.17, 15) is 14.4 Å². The van der Waals surface area contributed by atoms with Crippen molar-refractivity contribution >= 4 is 34.1 Å². The maximum Gasteiger partial charge on any atom is 0.337 e. The molecular formula is C16H16N2O4S. The number of hydrogen-bond acceptors (Lipinski definition) is 5. The van der Waals surface area contributed by atoms with Crippen molar-refractivity contribution in [2.75, 3.05) is 12.4 Å². The maximum absolute atomic E-state index is 12.3. The average molecular weight is 332 g/mol. The number of carbonyl (C=O) groups excluding carboxylic acids is 3. The lowest BCUT2D eigenvalue weighted by atomic mass is 10.1. The summed E-state index contributed by atoms with van der Waals surface area (Å²) in [6.07, 6.45) is 0. The van der Waals surface area contributed by atoms with Gasteiger partial charge in [-0.05, 0) is 43.7 Å². The molecule has 0 saturated heterocycles. The fourth-order valence-electron chi connectivity index (χ4n) is 2.06. The summed E-state index contributed by atoms with van der Waals surface area (Å²) < 4.78 is 4.60. The van der Waals surface area contributed by atoms with Crippen LogP contribution in [-0.4, -0.2) is 24.9 Å². The first-order valence-electron chi connectivity index (χ1n) is 6.74. The third kappa shape index (κ3) is 3.40. The fraction of sp³-hybridized carbons (Fsp3) is 0.188. The number of primary amides is 1. The Labute approximate surface area is 137 Å². The smallest absolute Gasteiger partial charge is 0.337 e. The number of thiophene rings is 1. The van der Waals surface area contributed by atoms with Crippen LogP contribution >= 0.6 is 11.3 Å². The molecule has 3 N–H and O–H groups in total. The summed E-state index contributed by atoms with van der Waals surface area (Å²) in [5.41, 5.74) is 7.18. The number of rotatable bonds is 4. The lowest BCUT2D eigenvalue weighted by Gasteiger charge is -2.06. The molecule has 0 radical (unpaired) electrons. The number of nitrogens with two attached hydrogens (primary N) is 1. The molecule has 7 heteroatoms. The second-order valence-corrected chi connectivity index (χ2v) is 6.10. The van der Waals surface area contributed by atoms with Gasteiger partial charge in [0.15, 0.2) is 0 Å². The summed E-state index contributed by atoms with van der Waals surface area (Å²) in [6.45, 7) is 3.64. The molecule has 0 spiro atoms. The zero-order valence-electron chi connectivity index (χ0n) is 12.9. The van der Waals surface area contributed by atoms with Crippen molar-refractivity contribution in [2.24, 2.45) is 5.73 Å². The van der Waals surface area contributed by atoms with Crippen LogP contribution in [0.2, 0.25) is 0 Å². The van der Waals surface area contributed by atoms with Crippen molar-refractivity contribution in [2.45, 2.75) is 13.8 Å². The van der Waals surface area contributed by atoms with Gasteiger partial charge in [-0.15, -0.1) is 11.3 Å². The Bertz CT molecular complexity index is 778. The third-order valence-corrected chi connectivity index (χ3v) is 4.55. The minimum absolute atomic E-state index is 0.326. The van der Waals surface area contributed by atoms with Gasteiger partial charge in [-0.3, -0.25) is 9.59 Å². The zero-order chi connectivity index (χ0) is 17.1. The van der Waals surface area contributed by atoms with Crippen LogP contribution in [0.1, 0.15) is 41.5 Å². The highest BCUT2D eigenvalue weighted by Crippen LogP contribution is 2.32. The molecule has 0 aliphatic rings. The molecule has 2 amide bonds. The van der Waals surface area contributed by atoms with Gasteiger partial charge in [0.05, 0.1) is 18.2 Å². The summed E-state index contributed by atoms with van der Waals surface area (Å²) in [6, 6.07) is 6.03. The number of nitrogens with one attached hydrogen (secondary N) is 1. The number of ether oxygens (including phenoxy) is 1. The Morgan fingerprint density at radius 3 is 2.17 bits per heavy atom. The number of esters is 1. The number of amides is 2. The minimum Gasteiger partial charge on any atom is -0.465 e. The van der Waals surface area contributed by atoms with Gasteiger partial charge >= 0.3 is 5.97 Å². The highest BCUT2D eigenvalue weighted by atomic mass is 32.1. The largest absolute Gasteiger partial charge is 0.465 e. The monoisotopic (exact) mass is 332 g/mol. The van der Waals surface area contributed by atoms with Crippen LogP contribution in [0, 0.1) is 13.8 Å². The first-order chi connectivity index (χ1) is 10.8. The molecule has 6 nitrogen and oxygen atoms in total. The van der Waals surface area contributed by atoms with Gasteiger partial charge in [-0.1, -0.05) is 0 Å². The Hall–Kier alpha value is -2.67. The van der Waals surface area contributed by atoms with Gasteiger partial charge in [0.25, 0.3) is 11.8 Å². The Kier molecular flexibility index (Phi) is 4.80. The molecule has 0 unspecified atom stereocenters. The van der Waals surface area contributed by atoms with Gasteiger partial charge in [-0.2, -0.15) is 0 Å². The molecule has 0 aliphatic carbocycles. The molecule has 120 valence electrons. The molecule has 0 aliphatic heterocycles. The number of benzene rings is 1. The van der Waals surface area contributed by atoms with Crippen molar-refractivity contribution in [3.05, 3.63) is 51.4 Å². The van der Waals surface area contributed by atoms with E-state index in [0.717, 1.165) is 10.4 Å². The highest BCUT2D eigenvalue weighted by Gasteiger charge is 2.19. The van der Waals surface area contributed by atoms with Gasteiger partial charge in [0.1, 0.15) is 5.00 Å². The maximum atomic E-state index is 12.3. The summed E-state index contributed by atoms with van der Waals surface area (Å²) in [5, 5.41) is 3.12. The lowest BCUT2D eigenvalue weighted by molar-refractivity contribution is 0.0600. The molecule has 2 rings (SSSR count). The van der Waals surface area contributed by atoms with Crippen molar-refractivity contribution < 1.29 is 19.1 Å². The summed E-state index contributed by atoms with van der Waals surface area (Å²) in [4.78, 5) is 36.1. The first kappa shape index (κ1) is 16.7. The van der Waals surface area contributed by atoms with Crippen LogP contribution in [0.25, 0.3) is 0 Å². The molecule has 0 bridgehead atoms. The number of methoxy groups -OCH3 is 1. The quantitative estimate of drug-likeness (QED) is 0.840. The van der Waals surface area contributed by atoms with Crippen LogP contribution in [-0.2, 0) is 4.74 Å². The van der Waals surface area contributed by atoms with E-state index >= 15 is 0 Å². The van der Waals surface area contributed by atoms with Crippen molar-refractivity contribution in [3.63, 3.8) is 0 Å². The van der Waals surface area contributed by atoms with Crippen molar-refractivity contribution in [1.29, 1.82) is 0 Å². The van der Waals surface area contributed by atoms with E-state index < -0.39 is 11.9 Å². The van der Waals surface area contributed by atoms with Gasteiger partial charge in [-0.25, -0.2) is 4.79 Å². The van der Waals surface area contributed by atoms with Crippen molar-refractivity contribution in [1.82, 2.24) is 0 Å². The number of carbonyl (C=O) groups is 3. The van der Waals surface area contributed by atoms with Gasteiger partial charge in [0, 0.05) is 10.4 Å². The summed E-state index contributed by atoms with van der Waals surface area (Å²) >= 11 is 1.30. The molecule has 0 fully saturated rings. The number of aryl methyl sites for hydroxylation is 1. The normalized spacial score (nSPS) is 10.2. The van der Waals surface area contributed by atoms with E-state index in [2.05, 4.69) is 10.1 Å². The van der Waals surface area contributed by atoms with E-state index in [1.807, 2.05) is 6.92 Å². The zero-order valence-corrected chi connectivity index (χ0v) is 13.7. The molecule has 1 heterocycles. The third-order valence-electron chi connectivity index (χ3n) is 3.43. The Balaban J connectivity index is 2.24. The SMILES string of the molecule is COC(=O)c1ccc(C(=O)Nc2sc(C)c(C)c2C(N)=O)cc1. The minimum atomic E-state index is -0.580. The van der Waals surface area contributed by atoms with Crippen LogP contribution in [0.15, 0.2) is 24.3 Å². The second kappa shape index (κ2) is 6.62. The Morgan fingerprint density at radius 1 is 1.09 bits per heavy atom. The number of anilines is 1. The predicted molar refractivity (Wildman–Crippen MR) is 88.0 cm³/mol. The van der Waals surface area contributed by atoms with Crippen LogP contribution in [0.4, 0.5) is 5.00 Å². The van der Waals surface area contributed by atoms with Crippen LogP contribution in [0.3, 0.4) is 0 Å². The summed E-state index contributed by atoms with van der Waals surface area (Å²) in [5.74, 6) is -1.44.